The molecule has 164 valence electrons. The van der Waals surface area contributed by atoms with Crippen LogP contribution in [0.4, 0.5) is 55.3 Å². The molecule has 0 spiro atoms. The number of alkyl halides is 10. The Labute approximate surface area is 159 Å². The minimum Gasteiger partial charge on any atom is -0.399 e. The lowest BCUT2D eigenvalue weighted by molar-refractivity contribution is -0.397. The highest BCUT2D eigenvalue weighted by molar-refractivity contribution is 5.36. The van der Waals surface area contributed by atoms with Crippen LogP contribution in [0.5, 0.6) is 0 Å². The third kappa shape index (κ3) is 7.35. The maximum Gasteiger partial charge on any atom is 0.460 e. The largest absolute Gasteiger partial charge is 0.460 e. The first-order valence-electron chi connectivity index (χ1n) is 7.47. The average molecular weight is 438 g/mol. The molecule has 2 rings (SSSR count). The van der Waals surface area contributed by atoms with Crippen molar-refractivity contribution in [3.63, 3.8) is 0 Å². The molecule has 0 bridgehead atoms. The normalized spacial score (nSPS) is 12.2. The van der Waals surface area contributed by atoms with Crippen molar-refractivity contribution in [3.8, 4) is 0 Å². The molecule has 0 saturated carbocycles. The minimum absolute atomic E-state index is 0.822. The SMILES string of the molecule is FCC(F)(F)C(F)(F)C(F)(F)C(F)(F)F.Nc1ccccc1.Nc1ccccc1. The summed E-state index contributed by atoms with van der Waals surface area (Å²) < 4.78 is 117. The summed E-state index contributed by atoms with van der Waals surface area (Å²) in [5.74, 6) is -19.9. The van der Waals surface area contributed by atoms with E-state index >= 15 is 0 Å². The van der Waals surface area contributed by atoms with E-state index in [4.69, 9.17) is 11.5 Å². The predicted octanol–water partition coefficient (Wildman–Crippen LogP) is 5.96. The quantitative estimate of drug-likeness (QED) is 0.459. The molecular formula is C17H16F10N2. The molecule has 0 aliphatic heterocycles. The average Bonchev–Trinajstić information content (AvgIpc) is 2.63. The van der Waals surface area contributed by atoms with Gasteiger partial charge in [0, 0.05) is 11.4 Å². The van der Waals surface area contributed by atoms with Crippen LogP contribution >= 0.6 is 0 Å². The van der Waals surface area contributed by atoms with Crippen molar-refractivity contribution in [2.45, 2.75) is 23.9 Å². The lowest BCUT2D eigenvalue weighted by atomic mass is 10.1. The van der Waals surface area contributed by atoms with Crippen molar-refractivity contribution in [1.29, 1.82) is 0 Å². The highest BCUT2D eigenvalue weighted by atomic mass is 19.4. The number of anilines is 2. The second-order valence-corrected chi connectivity index (χ2v) is 5.31. The third-order valence-electron chi connectivity index (χ3n) is 2.98. The van der Waals surface area contributed by atoms with E-state index in [1.807, 2.05) is 60.7 Å². The van der Waals surface area contributed by atoms with Gasteiger partial charge in [0.15, 0.2) is 6.67 Å². The zero-order valence-corrected chi connectivity index (χ0v) is 14.4. The van der Waals surface area contributed by atoms with Crippen molar-refractivity contribution >= 4 is 11.4 Å². The van der Waals surface area contributed by atoms with Crippen LogP contribution < -0.4 is 11.5 Å². The topological polar surface area (TPSA) is 52.0 Å². The van der Waals surface area contributed by atoms with Gasteiger partial charge in [0.25, 0.3) is 0 Å². The van der Waals surface area contributed by atoms with E-state index in [0.717, 1.165) is 11.4 Å². The maximum absolute atomic E-state index is 12.0. The Bertz CT molecular complexity index is 666. The summed E-state index contributed by atoms with van der Waals surface area (Å²) >= 11 is 0. The second kappa shape index (κ2) is 10.2. The molecule has 0 amide bonds. The van der Waals surface area contributed by atoms with Gasteiger partial charge in [0.2, 0.25) is 0 Å². The van der Waals surface area contributed by atoms with Gasteiger partial charge in [0.1, 0.15) is 0 Å². The molecule has 29 heavy (non-hydrogen) atoms. The lowest BCUT2D eigenvalue weighted by Gasteiger charge is -2.32. The standard InChI is InChI=1S/2C6H7N.C5H2F10/c2*7-6-4-2-1-3-5-6;6-1-2(7,8)3(9,10)4(11,12)5(13,14)15/h2*1-5H,7H2;1H2. The molecule has 0 aliphatic carbocycles. The molecule has 4 N–H and O–H groups in total. The van der Waals surface area contributed by atoms with Gasteiger partial charge >= 0.3 is 23.9 Å². The number of para-hydroxylation sites is 2. The molecule has 12 heteroatoms. The van der Waals surface area contributed by atoms with Gasteiger partial charge in [-0.1, -0.05) is 36.4 Å². The van der Waals surface area contributed by atoms with Crippen LogP contribution in [0.15, 0.2) is 60.7 Å². The number of benzene rings is 2. The van der Waals surface area contributed by atoms with Crippen molar-refractivity contribution in [3.05, 3.63) is 60.7 Å². The van der Waals surface area contributed by atoms with Gasteiger partial charge in [-0.2, -0.15) is 39.5 Å². The summed E-state index contributed by atoms with van der Waals surface area (Å²) in [6.45, 7) is -3.33. The summed E-state index contributed by atoms with van der Waals surface area (Å²) in [4.78, 5) is 0. The van der Waals surface area contributed by atoms with Crippen LogP contribution in [0.1, 0.15) is 0 Å². The summed E-state index contributed by atoms with van der Waals surface area (Å²) in [6, 6.07) is 19.0. The van der Waals surface area contributed by atoms with Gasteiger partial charge in [-0.15, -0.1) is 0 Å². The van der Waals surface area contributed by atoms with E-state index < -0.39 is 30.6 Å². The molecule has 0 atom stereocenters. The van der Waals surface area contributed by atoms with Gasteiger partial charge in [-0.05, 0) is 24.3 Å². The maximum atomic E-state index is 12.0. The zero-order chi connectivity index (χ0) is 22.9. The number of hydrogen-bond acceptors (Lipinski definition) is 2. The van der Waals surface area contributed by atoms with E-state index in [9.17, 15) is 43.9 Å². The highest BCUT2D eigenvalue weighted by Crippen LogP contribution is 2.52. The van der Waals surface area contributed by atoms with E-state index in [1.165, 1.54) is 0 Å². The van der Waals surface area contributed by atoms with E-state index in [2.05, 4.69) is 0 Å². The van der Waals surface area contributed by atoms with Crippen LogP contribution in [0.25, 0.3) is 0 Å². The fourth-order valence-electron chi connectivity index (χ4n) is 1.40. The van der Waals surface area contributed by atoms with Gasteiger partial charge in [-0.25, -0.2) is 4.39 Å². The molecule has 0 radical (unpaired) electrons. The molecule has 0 fully saturated rings. The Balaban J connectivity index is 0.000000458. The first-order chi connectivity index (χ1) is 13.1. The van der Waals surface area contributed by atoms with E-state index in [-0.39, 0.29) is 0 Å². The molecule has 0 heterocycles. The fourth-order valence-corrected chi connectivity index (χ4v) is 1.40. The third-order valence-corrected chi connectivity index (χ3v) is 2.98. The van der Waals surface area contributed by atoms with Gasteiger partial charge < -0.3 is 11.5 Å². The molecule has 2 nitrogen and oxygen atoms in total. The number of halogens is 10. The Morgan fingerprint density at radius 1 is 0.552 bits per heavy atom. The smallest absolute Gasteiger partial charge is 0.399 e. The van der Waals surface area contributed by atoms with E-state index in [0.29, 0.717) is 0 Å². The fraction of sp³-hybridized carbons (Fsp3) is 0.294. The first-order valence-corrected chi connectivity index (χ1v) is 7.47. The number of nitrogen functional groups attached to an aromatic ring is 2. The summed E-state index contributed by atoms with van der Waals surface area (Å²) in [6.07, 6.45) is -6.89. The number of rotatable bonds is 3. The van der Waals surface area contributed by atoms with Gasteiger partial charge in [0.05, 0.1) is 0 Å². The Hall–Kier alpha value is -2.66. The molecule has 0 unspecified atom stereocenters. The second-order valence-electron chi connectivity index (χ2n) is 5.31. The van der Waals surface area contributed by atoms with Crippen LogP contribution in [-0.2, 0) is 0 Å². The molecule has 0 saturated heterocycles. The molecule has 0 aliphatic rings. The first kappa shape index (κ1) is 26.3. The van der Waals surface area contributed by atoms with Crippen LogP contribution in [0, 0.1) is 0 Å². The minimum atomic E-state index is -7.00. The Morgan fingerprint density at radius 3 is 1.03 bits per heavy atom. The monoisotopic (exact) mass is 438 g/mol. The van der Waals surface area contributed by atoms with Crippen molar-refractivity contribution < 1.29 is 43.9 Å². The van der Waals surface area contributed by atoms with Gasteiger partial charge in [-0.3, -0.25) is 0 Å². The highest BCUT2D eigenvalue weighted by Gasteiger charge is 2.81. The molecule has 2 aromatic rings. The molecule has 0 aromatic heterocycles. The van der Waals surface area contributed by atoms with Crippen LogP contribution in [0.2, 0.25) is 0 Å². The van der Waals surface area contributed by atoms with Crippen LogP contribution in [0.3, 0.4) is 0 Å². The van der Waals surface area contributed by atoms with E-state index in [1.54, 1.807) is 0 Å². The van der Waals surface area contributed by atoms with Crippen molar-refractivity contribution in [2.24, 2.45) is 0 Å². The summed E-state index contributed by atoms with van der Waals surface area (Å²) in [5, 5.41) is 0. The zero-order valence-electron chi connectivity index (χ0n) is 14.4. The van der Waals surface area contributed by atoms with Crippen molar-refractivity contribution in [2.75, 3.05) is 18.1 Å². The number of hydrogen-bond donors (Lipinski definition) is 2. The predicted molar refractivity (Wildman–Crippen MR) is 88.6 cm³/mol. The lowest BCUT2D eigenvalue weighted by Crippen LogP contribution is -2.61. The molecular weight excluding hydrogens is 422 g/mol. The number of nitrogens with two attached hydrogens (primary N) is 2. The Kier molecular flexibility index (Phi) is 9.28. The molecule has 2 aromatic carbocycles. The summed E-state index contributed by atoms with van der Waals surface area (Å²) in [7, 11) is 0. The van der Waals surface area contributed by atoms with Crippen molar-refractivity contribution in [1.82, 2.24) is 0 Å². The van der Waals surface area contributed by atoms with Crippen LogP contribution in [-0.4, -0.2) is 30.6 Å². The summed E-state index contributed by atoms with van der Waals surface area (Å²) in [5.41, 5.74) is 12.4. The Morgan fingerprint density at radius 2 is 0.862 bits per heavy atom.